The molecule has 22 heavy (non-hydrogen) atoms. The number of nitrogens with one attached hydrogen (secondary N) is 1. The maximum Gasteiger partial charge on any atom is 0.257 e. The van der Waals surface area contributed by atoms with Crippen LogP contribution in [0.2, 0.25) is 0 Å². The number of H-pyrrole nitrogens is 1. The summed E-state index contributed by atoms with van der Waals surface area (Å²) < 4.78 is 13.0. The second-order valence-electron chi connectivity index (χ2n) is 5.73. The summed E-state index contributed by atoms with van der Waals surface area (Å²) >= 11 is 0. The van der Waals surface area contributed by atoms with Crippen LogP contribution in [-0.2, 0) is 0 Å². The van der Waals surface area contributed by atoms with E-state index < -0.39 is 5.82 Å². The Balaban J connectivity index is 1.78. The van der Waals surface area contributed by atoms with Gasteiger partial charge in [-0.25, -0.2) is 4.39 Å². The molecule has 1 aliphatic rings. The van der Waals surface area contributed by atoms with Crippen molar-refractivity contribution in [3.05, 3.63) is 47.0 Å². The van der Waals surface area contributed by atoms with E-state index >= 15 is 0 Å². The van der Waals surface area contributed by atoms with E-state index in [1.54, 1.807) is 4.90 Å². The first-order valence-corrected chi connectivity index (χ1v) is 7.34. The maximum atomic E-state index is 13.0. The Morgan fingerprint density at radius 1 is 1.45 bits per heavy atom. The highest BCUT2D eigenvalue weighted by molar-refractivity contribution is 5.96. The first-order chi connectivity index (χ1) is 10.5. The van der Waals surface area contributed by atoms with Crippen LogP contribution < -0.4 is 0 Å². The van der Waals surface area contributed by atoms with Crippen molar-refractivity contribution in [2.45, 2.75) is 25.7 Å². The fraction of sp³-hybridized carbons (Fsp3) is 0.375. The average Bonchev–Trinajstić information content (AvgIpc) is 2.93. The predicted octanol–water partition coefficient (Wildman–Crippen LogP) is 2.58. The number of aromatic hydroxyl groups is 1. The minimum absolute atomic E-state index is 0.139. The molecule has 2 N–H and O–H groups in total. The minimum atomic E-state index is -0.558. The summed E-state index contributed by atoms with van der Waals surface area (Å²) in [5.74, 6) is -0.958. The third-order valence-electron chi connectivity index (χ3n) is 4.04. The Kier molecular flexibility index (Phi) is 3.83. The molecule has 0 aliphatic carbocycles. The summed E-state index contributed by atoms with van der Waals surface area (Å²) in [6, 6.07) is 5.47. The Hall–Kier alpha value is -2.37. The van der Waals surface area contributed by atoms with Gasteiger partial charge in [-0.3, -0.25) is 9.89 Å². The van der Waals surface area contributed by atoms with Gasteiger partial charge in [0.2, 0.25) is 0 Å². The molecule has 1 amide bonds. The molecule has 1 aromatic carbocycles. The molecule has 1 saturated heterocycles. The molecule has 3 rings (SSSR count). The van der Waals surface area contributed by atoms with Gasteiger partial charge in [0, 0.05) is 30.8 Å². The quantitative estimate of drug-likeness (QED) is 0.896. The number of piperidine rings is 1. The number of aryl methyl sites for hydroxylation is 1. The van der Waals surface area contributed by atoms with Crippen molar-refractivity contribution in [1.29, 1.82) is 0 Å². The van der Waals surface area contributed by atoms with Crippen LogP contribution in [-0.4, -0.2) is 39.2 Å². The molecule has 0 unspecified atom stereocenters. The fourth-order valence-corrected chi connectivity index (χ4v) is 2.91. The van der Waals surface area contributed by atoms with Gasteiger partial charge in [0.1, 0.15) is 11.6 Å². The SMILES string of the molecule is Cc1cc([C@@H]2CCCN(C(=O)c3ccc(F)cc3O)C2)n[nH]1. The number of carbonyl (C=O) groups excluding carboxylic acids is 1. The molecular weight excluding hydrogens is 285 g/mol. The lowest BCUT2D eigenvalue weighted by molar-refractivity contribution is 0.0702. The zero-order valence-electron chi connectivity index (χ0n) is 12.3. The third kappa shape index (κ3) is 2.81. The Morgan fingerprint density at radius 3 is 2.95 bits per heavy atom. The van der Waals surface area contributed by atoms with Crippen molar-refractivity contribution in [2.75, 3.05) is 13.1 Å². The van der Waals surface area contributed by atoms with Crippen LogP contribution in [0.3, 0.4) is 0 Å². The van der Waals surface area contributed by atoms with Crippen LogP contribution in [0.15, 0.2) is 24.3 Å². The highest BCUT2D eigenvalue weighted by atomic mass is 19.1. The van der Waals surface area contributed by atoms with Gasteiger partial charge in [0.15, 0.2) is 0 Å². The van der Waals surface area contributed by atoms with E-state index in [1.165, 1.54) is 12.1 Å². The van der Waals surface area contributed by atoms with Gasteiger partial charge in [-0.15, -0.1) is 0 Å². The molecule has 1 aromatic heterocycles. The molecule has 1 aliphatic heterocycles. The molecule has 116 valence electrons. The standard InChI is InChI=1S/C16H18FN3O2/c1-10-7-14(19-18-10)11-3-2-6-20(9-11)16(22)13-5-4-12(17)8-15(13)21/h4-5,7-8,11,21H,2-3,6,9H2,1H3,(H,18,19)/t11-/m1/s1. The number of rotatable bonds is 2. The van der Waals surface area contributed by atoms with E-state index in [0.717, 1.165) is 30.3 Å². The zero-order valence-corrected chi connectivity index (χ0v) is 12.3. The Morgan fingerprint density at radius 2 is 2.27 bits per heavy atom. The Labute approximate surface area is 127 Å². The summed E-state index contributed by atoms with van der Waals surface area (Å²) in [5.41, 5.74) is 2.09. The number of hydrogen-bond acceptors (Lipinski definition) is 3. The van der Waals surface area contributed by atoms with Crippen molar-refractivity contribution in [2.24, 2.45) is 0 Å². The smallest absolute Gasteiger partial charge is 0.257 e. The molecule has 0 bridgehead atoms. The molecule has 1 fully saturated rings. The number of carbonyl (C=O) groups is 1. The van der Waals surface area contributed by atoms with Crippen LogP contribution in [0.1, 0.15) is 40.5 Å². The molecule has 2 heterocycles. The van der Waals surface area contributed by atoms with Crippen molar-refractivity contribution >= 4 is 5.91 Å². The summed E-state index contributed by atoms with van der Waals surface area (Å²) in [5, 5.41) is 17.0. The lowest BCUT2D eigenvalue weighted by atomic mass is 9.94. The van der Waals surface area contributed by atoms with Crippen molar-refractivity contribution in [3.8, 4) is 5.75 Å². The Bertz CT molecular complexity index is 698. The van der Waals surface area contributed by atoms with E-state index in [2.05, 4.69) is 10.2 Å². The van der Waals surface area contributed by atoms with Gasteiger partial charge in [0.05, 0.1) is 11.3 Å². The first-order valence-electron chi connectivity index (χ1n) is 7.34. The number of hydrogen-bond donors (Lipinski definition) is 2. The van der Waals surface area contributed by atoms with Gasteiger partial charge in [0.25, 0.3) is 5.91 Å². The normalized spacial score (nSPS) is 18.5. The number of benzene rings is 1. The summed E-state index contributed by atoms with van der Waals surface area (Å²) in [4.78, 5) is 14.2. The fourth-order valence-electron chi connectivity index (χ4n) is 2.91. The monoisotopic (exact) mass is 303 g/mol. The van der Waals surface area contributed by atoms with E-state index in [-0.39, 0.29) is 23.1 Å². The summed E-state index contributed by atoms with van der Waals surface area (Å²) in [6.45, 7) is 3.13. The zero-order chi connectivity index (χ0) is 15.7. The summed E-state index contributed by atoms with van der Waals surface area (Å²) in [7, 11) is 0. The van der Waals surface area contributed by atoms with Crippen LogP contribution in [0.4, 0.5) is 4.39 Å². The topological polar surface area (TPSA) is 69.2 Å². The van der Waals surface area contributed by atoms with Gasteiger partial charge >= 0.3 is 0 Å². The molecule has 1 atom stereocenters. The number of phenolic OH excluding ortho intramolecular Hbond substituents is 1. The third-order valence-corrected chi connectivity index (χ3v) is 4.04. The maximum absolute atomic E-state index is 13.0. The summed E-state index contributed by atoms with van der Waals surface area (Å²) in [6.07, 6.45) is 1.85. The van der Waals surface area contributed by atoms with Gasteiger partial charge in [-0.05, 0) is 38.0 Å². The average molecular weight is 303 g/mol. The number of amides is 1. The number of likely N-dealkylation sites (tertiary alicyclic amines) is 1. The molecular formula is C16H18FN3O2. The second kappa shape index (κ2) is 5.79. The highest BCUT2D eigenvalue weighted by Gasteiger charge is 2.28. The largest absolute Gasteiger partial charge is 0.507 e. The van der Waals surface area contributed by atoms with Gasteiger partial charge in [-0.1, -0.05) is 0 Å². The highest BCUT2D eigenvalue weighted by Crippen LogP contribution is 2.28. The molecule has 6 heteroatoms. The van der Waals surface area contributed by atoms with Crippen LogP contribution >= 0.6 is 0 Å². The van der Waals surface area contributed by atoms with E-state index in [4.69, 9.17) is 0 Å². The van der Waals surface area contributed by atoms with Crippen LogP contribution in [0, 0.1) is 12.7 Å². The molecule has 0 radical (unpaired) electrons. The van der Waals surface area contributed by atoms with Crippen LogP contribution in [0.5, 0.6) is 5.75 Å². The van der Waals surface area contributed by atoms with Crippen LogP contribution in [0.25, 0.3) is 0 Å². The minimum Gasteiger partial charge on any atom is -0.507 e. The van der Waals surface area contributed by atoms with E-state index in [0.29, 0.717) is 13.1 Å². The predicted molar refractivity (Wildman–Crippen MR) is 79.3 cm³/mol. The number of nitrogens with zero attached hydrogens (tertiary/aromatic N) is 2. The van der Waals surface area contributed by atoms with Crippen molar-refractivity contribution < 1.29 is 14.3 Å². The van der Waals surface area contributed by atoms with E-state index in [1.807, 2.05) is 13.0 Å². The molecule has 5 nitrogen and oxygen atoms in total. The van der Waals surface area contributed by atoms with Gasteiger partial charge < -0.3 is 10.0 Å². The second-order valence-corrected chi connectivity index (χ2v) is 5.73. The van der Waals surface area contributed by atoms with Crippen molar-refractivity contribution in [3.63, 3.8) is 0 Å². The number of phenols is 1. The van der Waals surface area contributed by atoms with Gasteiger partial charge in [-0.2, -0.15) is 5.10 Å². The molecule has 0 spiro atoms. The number of halogens is 1. The number of aromatic nitrogens is 2. The lowest BCUT2D eigenvalue weighted by Gasteiger charge is -2.32. The lowest BCUT2D eigenvalue weighted by Crippen LogP contribution is -2.39. The van der Waals surface area contributed by atoms with E-state index in [9.17, 15) is 14.3 Å². The van der Waals surface area contributed by atoms with Crippen molar-refractivity contribution in [1.82, 2.24) is 15.1 Å². The first kappa shape index (κ1) is 14.6. The number of aromatic amines is 1. The molecule has 2 aromatic rings. The molecule has 0 saturated carbocycles.